The van der Waals surface area contributed by atoms with Gasteiger partial charge in [0.1, 0.15) is 6.54 Å². The number of methoxy groups -OCH3 is 2. The summed E-state index contributed by atoms with van der Waals surface area (Å²) in [5, 5.41) is 3.15. The Morgan fingerprint density at radius 2 is 1.76 bits per heavy atom. The number of benzene rings is 2. The predicted molar refractivity (Wildman–Crippen MR) is 126 cm³/mol. The first-order valence-corrected chi connectivity index (χ1v) is 11.8. The summed E-state index contributed by atoms with van der Waals surface area (Å²) in [4.78, 5) is 30.1. The van der Waals surface area contributed by atoms with Gasteiger partial charge < -0.3 is 19.7 Å². The van der Waals surface area contributed by atoms with E-state index in [0.717, 1.165) is 54.5 Å². The summed E-state index contributed by atoms with van der Waals surface area (Å²) in [6, 6.07) is 11.8. The van der Waals surface area contributed by atoms with Crippen LogP contribution in [0, 0.1) is 0 Å². The molecule has 2 aromatic rings. The molecule has 1 fully saturated rings. The van der Waals surface area contributed by atoms with Crippen molar-refractivity contribution in [2.45, 2.75) is 50.6 Å². The molecule has 0 radical (unpaired) electrons. The van der Waals surface area contributed by atoms with Gasteiger partial charge in [0.05, 0.1) is 25.9 Å². The first-order chi connectivity index (χ1) is 16.1. The van der Waals surface area contributed by atoms with E-state index in [0.29, 0.717) is 18.0 Å². The lowest BCUT2D eigenvalue weighted by atomic mass is 9.85. The molecule has 3 aliphatic rings. The summed E-state index contributed by atoms with van der Waals surface area (Å²) < 4.78 is 11.0. The number of para-hydroxylation sites is 1. The van der Waals surface area contributed by atoms with Gasteiger partial charge in [0.2, 0.25) is 5.91 Å². The zero-order chi connectivity index (χ0) is 22.9. The molecular weight excluding hydrogens is 418 g/mol. The number of ether oxygens (including phenoxy) is 2. The monoisotopic (exact) mass is 449 g/mol. The van der Waals surface area contributed by atoms with Crippen molar-refractivity contribution in [2.75, 3.05) is 32.2 Å². The van der Waals surface area contributed by atoms with Crippen molar-refractivity contribution in [2.24, 2.45) is 0 Å². The van der Waals surface area contributed by atoms with E-state index < -0.39 is 0 Å². The van der Waals surface area contributed by atoms with Crippen molar-refractivity contribution in [3.8, 4) is 11.5 Å². The molecule has 5 rings (SSSR count). The number of carbonyl (C=O) groups excluding carboxylic acids is 2. The van der Waals surface area contributed by atoms with Crippen LogP contribution in [0.15, 0.2) is 36.4 Å². The number of anilines is 1. The summed E-state index contributed by atoms with van der Waals surface area (Å²) in [7, 11) is 3.26. The Labute approximate surface area is 194 Å². The maximum atomic E-state index is 13.7. The molecule has 1 N–H and O–H groups in total. The van der Waals surface area contributed by atoms with Crippen LogP contribution in [-0.2, 0) is 11.2 Å². The van der Waals surface area contributed by atoms with Gasteiger partial charge in [-0.3, -0.25) is 9.69 Å². The Kier molecular flexibility index (Phi) is 5.87. The van der Waals surface area contributed by atoms with Crippen molar-refractivity contribution in [1.29, 1.82) is 0 Å². The normalized spacial score (nSPS) is 19.9. The van der Waals surface area contributed by atoms with Gasteiger partial charge in [-0.25, -0.2) is 4.79 Å². The number of nitrogens with zero attached hydrogens (tertiary/aromatic N) is 2. The minimum absolute atomic E-state index is 0.0361. The molecule has 174 valence electrons. The summed E-state index contributed by atoms with van der Waals surface area (Å²) in [6.45, 7) is 0.620. The third kappa shape index (κ3) is 3.90. The molecule has 1 atom stereocenters. The average Bonchev–Trinajstić information content (AvgIpc) is 2.85. The van der Waals surface area contributed by atoms with Crippen molar-refractivity contribution in [3.05, 3.63) is 53.1 Å². The fraction of sp³-hybridized carbons (Fsp3) is 0.462. The maximum Gasteiger partial charge on any atom is 0.325 e. The molecule has 2 heterocycles. The van der Waals surface area contributed by atoms with Gasteiger partial charge in [-0.2, -0.15) is 0 Å². The Morgan fingerprint density at radius 1 is 1.03 bits per heavy atom. The highest BCUT2D eigenvalue weighted by atomic mass is 16.5. The first kappa shape index (κ1) is 21.6. The summed E-state index contributed by atoms with van der Waals surface area (Å²) in [5.41, 5.74) is 4.02. The smallest absolute Gasteiger partial charge is 0.325 e. The van der Waals surface area contributed by atoms with Crippen molar-refractivity contribution in [1.82, 2.24) is 10.2 Å². The van der Waals surface area contributed by atoms with Gasteiger partial charge in [-0.1, -0.05) is 37.5 Å². The van der Waals surface area contributed by atoms with Crippen LogP contribution in [0.5, 0.6) is 11.5 Å². The van der Waals surface area contributed by atoms with E-state index >= 15 is 0 Å². The lowest BCUT2D eigenvalue weighted by molar-refractivity contribution is -0.120. The van der Waals surface area contributed by atoms with Gasteiger partial charge in [-0.15, -0.1) is 0 Å². The minimum atomic E-state index is -0.213. The molecule has 0 spiro atoms. The van der Waals surface area contributed by atoms with E-state index in [2.05, 4.69) is 11.4 Å². The Bertz CT molecular complexity index is 1060. The Morgan fingerprint density at radius 3 is 2.52 bits per heavy atom. The largest absolute Gasteiger partial charge is 0.493 e. The molecule has 3 amide bonds. The molecule has 0 aromatic heterocycles. The molecular formula is C26H31N3O4. The predicted octanol–water partition coefficient (Wildman–Crippen LogP) is 4.04. The number of amides is 3. The second-order valence-electron chi connectivity index (χ2n) is 9.08. The third-order valence-electron chi connectivity index (χ3n) is 7.14. The van der Waals surface area contributed by atoms with Crippen LogP contribution in [-0.4, -0.2) is 50.2 Å². The SMILES string of the molecule is COc1cc2c(cc1OC)[C@@H]1c3ccccc3N(CC(=O)NC3CCCCC3)C(=O)N1CC2. The lowest BCUT2D eigenvalue weighted by Gasteiger charge is -2.45. The van der Waals surface area contributed by atoms with E-state index in [4.69, 9.17) is 9.47 Å². The molecule has 0 bridgehead atoms. The number of fused-ring (bicyclic) bond motifs is 5. The summed E-state index contributed by atoms with van der Waals surface area (Å²) >= 11 is 0. The molecule has 33 heavy (non-hydrogen) atoms. The van der Waals surface area contributed by atoms with Crippen molar-refractivity contribution in [3.63, 3.8) is 0 Å². The van der Waals surface area contributed by atoms with Crippen LogP contribution in [0.4, 0.5) is 10.5 Å². The number of hydrogen-bond donors (Lipinski definition) is 1. The second-order valence-corrected chi connectivity index (χ2v) is 9.08. The van der Waals surface area contributed by atoms with Crippen LogP contribution >= 0.6 is 0 Å². The van der Waals surface area contributed by atoms with Gasteiger partial charge in [0.15, 0.2) is 11.5 Å². The molecule has 7 nitrogen and oxygen atoms in total. The lowest BCUT2D eigenvalue weighted by Crippen LogP contribution is -2.55. The van der Waals surface area contributed by atoms with Gasteiger partial charge in [-0.05, 0) is 48.6 Å². The number of hydrogen-bond acceptors (Lipinski definition) is 4. The van der Waals surface area contributed by atoms with Crippen LogP contribution in [0.1, 0.15) is 54.8 Å². The maximum absolute atomic E-state index is 13.7. The number of urea groups is 1. The minimum Gasteiger partial charge on any atom is -0.493 e. The highest BCUT2D eigenvalue weighted by Crippen LogP contribution is 2.46. The fourth-order valence-corrected chi connectivity index (χ4v) is 5.53. The summed E-state index contributed by atoms with van der Waals surface area (Å²) in [5.74, 6) is 1.26. The quantitative estimate of drug-likeness (QED) is 0.748. The van der Waals surface area contributed by atoms with E-state index in [1.807, 2.05) is 35.2 Å². The zero-order valence-corrected chi connectivity index (χ0v) is 19.3. The molecule has 7 heteroatoms. The first-order valence-electron chi connectivity index (χ1n) is 11.8. The van der Waals surface area contributed by atoms with Crippen LogP contribution in [0.25, 0.3) is 0 Å². The number of nitrogens with one attached hydrogen (secondary N) is 1. The van der Waals surface area contributed by atoms with E-state index in [9.17, 15) is 9.59 Å². The van der Waals surface area contributed by atoms with Crippen LogP contribution in [0.2, 0.25) is 0 Å². The van der Waals surface area contributed by atoms with Crippen LogP contribution in [0.3, 0.4) is 0 Å². The third-order valence-corrected chi connectivity index (χ3v) is 7.14. The Hall–Kier alpha value is -3.22. The molecule has 1 aliphatic carbocycles. The van der Waals surface area contributed by atoms with Gasteiger partial charge >= 0.3 is 6.03 Å². The van der Waals surface area contributed by atoms with Crippen LogP contribution < -0.4 is 19.7 Å². The fourth-order valence-electron chi connectivity index (χ4n) is 5.53. The molecule has 0 saturated heterocycles. The highest BCUT2D eigenvalue weighted by Gasteiger charge is 2.42. The highest BCUT2D eigenvalue weighted by molar-refractivity contribution is 6.01. The molecule has 2 aromatic carbocycles. The molecule has 2 aliphatic heterocycles. The van der Waals surface area contributed by atoms with Crippen molar-refractivity contribution >= 4 is 17.6 Å². The van der Waals surface area contributed by atoms with E-state index in [-0.39, 0.29) is 30.6 Å². The average molecular weight is 450 g/mol. The summed E-state index contributed by atoms with van der Waals surface area (Å²) in [6.07, 6.45) is 6.30. The van der Waals surface area contributed by atoms with Gasteiger partial charge in [0.25, 0.3) is 0 Å². The zero-order valence-electron chi connectivity index (χ0n) is 19.3. The number of rotatable bonds is 5. The van der Waals surface area contributed by atoms with Gasteiger partial charge in [0, 0.05) is 18.2 Å². The topological polar surface area (TPSA) is 71.1 Å². The molecule has 0 unspecified atom stereocenters. The standard InChI is InChI=1S/C26H31N3O4/c1-32-22-14-17-12-13-28-25(20(17)15-23(22)33-2)19-10-6-7-11-21(19)29(26(28)31)16-24(30)27-18-8-4-3-5-9-18/h6-7,10-11,14-15,18,25H,3-5,8-9,12-13,16H2,1-2H3,(H,27,30)/t25-/m0/s1. The van der Waals surface area contributed by atoms with E-state index in [1.54, 1.807) is 19.1 Å². The van der Waals surface area contributed by atoms with Crippen molar-refractivity contribution < 1.29 is 19.1 Å². The second kappa shape index (κ2) is 8.96. The van der Waals surface area contributed by atoms with E-state index in [1.165, 1.54) is 6.42 Å². The number of carbonyl (C=O) groups is 2. The Balaban J connectivity index is 1.48. The molecule has 1 saturated carbocycles.